The molecule has 0 bridgehead atoms. The Hall–Kier alpha value is -1.30. The second-order valence-electron chi connectivity index (χ2n) is 5.37. The van der Waals surface area contributed by atoms with E-state index in [1.807, 2.05) is 0 Å². The van der Waals surface area contributed by atoms with Gasteiger partial charge >= 0.3 is 12.0 Å². The molecule has 3 unspecified atom stereocenters. The second kappa shape index (κ2) is 7.99. The maximum atomic E-state index is 11.7. The Balaban J connectivity index is 2.27. The number of aliphatic hydroxyl groups excluding tert-OH is 1. The van der Waals surface area contributed by atoms with Crippen LogP contribution in [0.25, 0.3) is 0 Å². The maximum Gasteiger partial charge on any atom is 0.315 e. The Bertz CT molecular complexity index is 309. The number of hydrogen-bond donors (Lipinski definition) is 4. The minimum absolute atomic E-state index is 0.0341. The maximum absolute atomic E-state index is 11.7. The van der Waals surface area contributed by atoms with Crippen molar-refractivity contribution in [2.75, 3.05) is 6.54 Å². The van der Waals surface area contributed by atoms with E-state index in [1.165, 1.54) is 0 Å². The molecule has 0 spiro atoms. The number of rotatable bonds is 5. The summed E-state index contributed by atoms with van der Waals surface area (Å²) in [5, 5.41) is 23.9. The van der Waals surface area contributed by atoms with E-state index in [0.717, 1.165) is 32.1 Å². The van der Waals surface area contributed by atoms with Gasteiger partial charge in [0.2, 0.25) is 0 Å². The van der Waals surface area contributed by atoms with Gasteiger partial charge in [0.15, 0.2) is 0 Å². The number of carboxylic acid groups (broad SMARTS) is 1. The van der Waals surface area contributed by atoms with Gasteiger partial charge in [0, 0.05) is 13.0 Å². The first kappa shape index (κ1) is 15.8. The van der Waals surface area contributed by atoms with Gasteiger partial charge in [-0.3, -0.25) is 4.79 Å². The zero-order valence-corrected chi connectivity index (χ0v) is 11.4. The molecule has 0 heterocycles. The fraction of sp³-hybridized carbons (Fsp3) is 0.846. The Labute approximate surface area is 113 Å². The van der Waals surface area contributed by atoms with E-state index in [-0.39, 0.29) is 24.4 Å². The number of carbonyl (C=O) groups is 2. The van der Waals surface area contributed by atoms with E-state index in [2.05, 4.69) is 10.6 Å². The Morgan fingerprint density at radius 3 is 2.63 bits per heavy atom. The van der Waals surface area contributed by atoms with Crippen molar-refractivity contribution >= 4 is 12.0 Å². The molecule has 6 heteroatoms. The summed E-state index contributed by atoms with van der Waals surface area (Å²) in [6.45, 7) is 2.09. The van der Waals surface area contributed by atoms with Crippen molar-refractivity contribution < 1.29 is 19.8 Å². The highest BCUT2D eigenvalue weighted by Gasteiger charge is 2.23. The fourth-order valence-electron chi connectivity index (χ4n) is 2.31. The minimum atomic E-state index is -0.867. The van der Waals surface area contributed by atoms with Gasteiger partial charge in [-0.1, -0.05) is 26.2 Å². The third kappa shape index (κ3) is 6.42. The van der Waals surface area contributed by atoms with Crippen molar-refractivity contribution in [3.05, 3.63) is 0 Å². The van der Waals surface area contributed by atoms with E-state index in [1.54, 1.807) is 6.92 Å². The quantitative estimate of drug-likeness (QED) is 0.563. The van der Waals surface area contributed by atoms with Crippen LogP contribution < -0.4 is 10.6 Å². The van der Waals surface area contributed by atoms with E-state index in [4.69, 9.17) is 5.11 Å². The first-order valence-electron chi connectivity index (χ1n) is 6.93. The van der Waals surface area contributed by atoms with Crippen molar-refractivity contribution in [1.29, 1.82) is 0 Å². The Morgan fingerprint density at radius 2 is 1.95 bits per heavy atom. The molecule has 1 rings (SSSR count). The second-order valence-corrected chi connectivity index (χ2v) is 5.37. The highest BCUT2D eigenvalue weighted by atomic mass is 16.4. The van der Waals surface area contributed by atoms with Gasteiger partial charge < -0.3 is 20.8 Å². The Kier molecular flexibility index (Phi) is 6.62. The van der Waals surface area contributed by atoms with E-state index < -0.39 is 12.1 Å². The third-order valence-electron chi connectivity index (χ3n) is 3.43. The van der Waals surface area contributed by atoms with Crippen LogP contribution in [0.3, 0.4) is 0 Å². The SMILES string of the molecule is CC(CNC(=O)NC1CCCCCC1O)CC(=O)O. The topological polar surface area (TPSA) is 98.7 Å². The van der Waals surface area contributed by atoms with Gasteiger partial charge in [0.05, 0.1) is 12.1 Å². The van der Waals surface area contributed by atoms with Crippen LogP contribution in [0.4, 0.5) is 4.79 Å². The fourth-order valence-corrected chi connectivity index (χ4v) is 2.31. The first-order valence-corrected chi connectivity index (χ1v) is 6.93. The van der Waals surface area contributed by atoms with Crippen LogP contribution in [0.2, 0.25) is 0 Å². The van der Waals surface area contributed by atoms with Crippen molar-refractivity contribution in [3.63, 3.8) is 0 Å². The van der Waals surface area contributed by atoms with Gasteiger partial charge in [-0.2, -0.15) is 0 Å². The van der Waals surface area contributed by atoms with Crippen molar-refractivity contribution in [3.8, 4) is 0 Å². The average Bonchev–Trinajstić information content (AvgIpc) is 2.52. The lowest BCUT2D eigenvalue weighted by atomic mass is 10.1. The summed E-state index contributed by atoms with van der Waals surface area (Å²) in [5.41, 5.74) is 0. The molecule has 0 aliphatic heterocycles. The highest BCUT2D eigenvalue weighted by Crippen LogP contribution is 2.17. The van der Waals surface area contributed by atoms with Gasteiger partial charge in [0.1, 0.15) is 0 Å². The molecule has 0 aromatic carbocycles. The summed E-state index contributed by atoms with van der Waals surface area (Å²) >= 11 is 0. The molecule has 4 N–H and O–H groups in total. The van der Waals surface area contributed by atoms with Crippen LogP contribution in [-0.2, 0) is 4.79 Å². The third-order valence-corrected chi connectivity index (χ3v) is 3.43. The zero-order valence-electron chi connectivity index (χ0n) is 11.4. The number of aliphatic hydroxyl groups is 1. The summed E-state index contributed by atoms with van der Waals surface area (Å²) in [4.78, 5) is 22.2. The number of aliphatic carboxylic acids is 1. The largest absolute Gasteiger partial charge is 0.481 e. The van der Waals surface area contributed by atoms with Gasteiger partial charge in [-0.15, -0.1) is 0 Å². The summed E-state index contributed by atoms with van der Waals surface area (Å²) < 4.78 is 0. The van der Waals surface area contributed by atoms with E-state index >= 15 is 0 Å². The molecule has 1 fully saturated rings. The van der Waals surface area contributed by atoms with Crippen LogP contribution >= 0.6 is 0 Å². The van der Waals surface area contributed by atoms with Crippen molar-refractivity contribution in [2.45, 2.75) is 57.6 Å². The number of carboxylic acids is 1. The molecule has 6 nitrogen and oxygen atoms in total. The summed E-state index contributed by atoms with van der Waals surface area (Å²) in [6.07, 6.45) is 4.16. The van der Waals surface area contributed by atoms with Gasteiger partial charge in [-0.05, 0) is 18.8 Å². The van der Waals surface area contributed by atoms with Gasteiger partial charge in [0.25, 0.3) is 0 Å². The zero-order chi connectivity index (χ0) is 14.3. The normalized spacial score (nSPS) is 25.2. The summed E-state index contributed by atoms with van der Waals surface area (Å²) in [5.74, 6) is -0.976. The van der Waals surface area contributed by atoms with Crippen LogP contribution in [-0.4, -0.2) is 40.9 Å². The molecular formula is C13H24N2O4. The monoisotopic (exact) mass is 272 g/mol. The minimum Gasteiger partial charge on any atom is -0.481 e. The summed E-state index contributed by atoms with van der Waals surface area (Å²) in [6, 6.07) is -0.527. The highest BCUT2D eigenvalue weighted by molar-refractivity contribution is 5.74. The lowest BCUT2D eigenvalue weighted by Crippen LogP contribution is -2.48. The number of hydrogen-bond acceptors (Lipinski definition) is 3. The first-order chi connectivity index (χ1) is 8.99. The van der Waals surface area contributed by atoms with Crippen LogP contribution in [0.5, 0.6) is 0 Å². The van der Waals surface area contributed by atoms with Crippen LogP contribution in [0, 0.1) is 5.92 Å². The number of urea groups is 1. The Morgan fingerprint density at radius 1 is 1.26 bits per heavy atom. The van der Waals surface area contributed by atoms with E-state index in [9.17, 15) is 14.7 Å². The van der Waals surface area contributed by atoms with Crippen LogP contribution in [0.15, 0.2) is 0 Å². The molecule has 1 aliphatic carbocycles. The average molecular weight is 272 g/mol. The molecule has 110 valence electrons. The molecule has 1 saturated carbocycles. The number of carbonyl (C=O) groups excluding carboxylic acids is 1. The molecule has 1 aliphatic rings. The number of amides is 2. The predicted octanol–water partition coefficient (Wildman–Crippen LogP) is 1.09. The molecule has 0 aromatic rings. The summed E-state index contributed by atoms with van der Waals surface area (Å²) in [7, 11) is 0. The molecule has 19 heavy (non-hydrogen) atoms. The number of nitrogens with one attached hydrogen (secondary N) is 2. The lowest BCUT2D eigenvalue weighted by Gasteiger charge is -2.22. The molecule has 0 aromatic heterocycles. The predicted molar refractivity (Wildman–Crippen MR) is 70.8 cm³/mol. The van der Waals surface area contributed by atoms with Gasteiger partial charge in [-0.25, -0.2) is 4.79 Å². The lowest BCUT2D eigenvalue weighted by molar-refractivity contribution is -0.137. The smallest absolute Gasteiger partial charge is 0.315 e. The molecular weight excluding hydrogens is 248 g/mol. The van der Waals surface area contributed by atoms with Crippen LogP contribution in [0.1, 0.15) is 45.4 Å². The molecule has 2 amide bonds. The molecule has 0 radical (unpaired) electrons. The molecule has 3 atom stereocenters. The molecule has 0 saturated heterocycles. The van der Waals surface area contributed by atoms with Crippen molar-refractivity contribution in [1.82, 2.24) is 10.6 Å². The van der Waals surface area contributed by atoms with E-state index in [0.29, 0.717) is 6.54 Å². The standard InChI is InChI=1S/C13H24N2O4/c1-9(7-12(17)18)8-14-13(19)15-10-5-3-2-4-6-11(10)16/h9-11,16H,2-8H2,1H3,(H,17,18)(H2,14,15,19). The van der Waals surface area contributed by atoms with Crippen molar-refractivity contribution in [2.24, 2.45) is 5.92 Å².